The first kappa shape index (κ1) is 23.2. The molecule has 178 valence electrons. The van der Waals surface area contributed by atoms with E-state index in [1.54, 1.807) is 16.8 Å². The number of nitrogens with zero attached hydrogens (tertiary/aromatic N) is 2. The van der Waals surface area contributed by atoms with E-state index in [9.17, 15) is 9.59 Å². The molecule has 1 N–H and O–H groups in total. The largest absolute Gasteiger partial charge is 0.338 e. The lowest BCUT2D eigenvalue weighted by Gasteiger charge is -2.38. The number of rotatable bonds is 3. The number of carbonyl (C=O) groups is 2. The molecule has 6 heteroatoms. The van der Waals surface area contributed by atoms with Crippen LogP contribution in [0.5, 0.6) is 0 Å². The maximum atomic E-state index is 13.3. The van der Waals surface area contributed by atoms with E-state index in [0.29, 0.717) is 16.5 Å². The molecule has 5 rings (SSSR count). The first-order valence-corrected chi connectivity index (χ1v) is 13.3. The fraction of sp³-hybridized carbons (Fsp3) is 0.429. The number of likely N-dealkylation sites (tertiary alicyclic amines) is 2. The number of hydrogen-bond donors (Lipinski definition) is 1. The normalized spacial score (nSPS) is 21.1. The second kappa shape index (κ2) is 9.96. The summed E-state index contributed by atoms with van der Waals surface area (Å²) in [6.45, 7) is 6.30. The Morgan fingerprint density at radius 3 is 2.56 bits per heavy atom. The third kappa shape index (κ3) is 4.80. The number of anilines is 1. The zero-order chi connectivity index (χ0) is 23.7. The first-order chi connectivity index (χ1) is 16.5. The summed E-state index contributed by atoms with van der Waals surface area (Å²) in [5.74, 6) is 0.0516. The number of thioether (sulfide) groups is 1. The molecule has 0 radical (unpaired) electrons. The van der Waals surface area contributed by atoms with Crippen LogP contribution in [0, 0.1) is 6.92 Å². The van der Waals surface area contributed by atoms with Crippen molar-refractivity contribution in [2.75, 3.05) is 38.1 Å². The number of fused-ring (bicyclic) bond motifs is 1. The van der Waals surface area contributed by atoms with E-state index in [2.05, 4.69) is 19.1 Å². The van der Waals surface area contributed by atoms with Crippen LogP contribution in [0.3, 0.4) is 0 Å². The number of piperidine rings is 2. The fourth-order valence-corrected chi connectivity index (χ4v) is 6.62. The lowest BCUT2D eigenvalue weighted by atomic mass is 9.99. The number of hydrogen-bond acceptors (Lipinski definition) is 3. The predicted molar refractivity (Wildman–Crippen MR) is 138 cm³/mol. The summed E-state index contributed by atoms with van der Waals surface area (Å²) in [7, 11) is 1.80. The van der Waals surface area contributed by atoms with Gasteiger partial charge >= 0.3 is 0 Å². The Bertz CT molecular complexity index is 1110. The molecule has 0 aliphatic carbocycles. The number of likely N-dealkylation sites (N-methyl/N-ethyl adjacent to an activating group) is 1. The van der Waals surface area contributed by atoms with Gasteiger partial charge in [0, 0.05) is 43.4 Å². The van der Waals surface area contributed by atoms with Gasteiger partial charge < -0.3 is 14.7 Å². The minimum Gasteiger partial charge on any atom is -0.338 e. The molecular formula is C28H34N3O2S+. The van der Waals surface area contributed by atoms with Crippen molar-refractivity contribution in [3.05, 3.63) is 64.1 Å². The quantitative estimate of drug-likeness (QED) is 0.686. The van der Waals surface area contributed by atoms with Crippen LogP contribution in [0.4, 0.5) is 5.69 Å². The lowest BCUT2D eigenvalue weighted by Crippen LogP contribution is -3.16. The molecule has 34 heavy (non-hydrogen) atoms. The molecule has 2 aromatic rings. The van der Waals surface area contributed by atoms with Crippen molar-refractivity contribution in [2.24, 2.45) is 0 Å². The zero-order valence-corrected chi connectivity index (χ0v) is 21.0. The molecule has 0 unspecified atom stereocenters. The van der Waals surface area contributed by atoms with Crippen LogP contribution in [-0.2, 0) is 4.79 Å². The highest BCUT2D eigenvalue weighted by atomic mass is 32.2. The van der Waals surface area contributed by atoms with Crippen LogP contribution in [0.1, 0.15) is 53.6 Å². The van der Waals surface area contributed by atoms with Crippen molar-refractivity contribution in [1.29, 1.82) is 0 Å². The van der Waals surface area contributed by atoms with Crippen molar-refractivity contribution in [3.63, 3.8) is 0 Å². The predicted octanol–water partition coefficient (Wildman–Crippen LogP) is 3.78. The van der Waals surface area contributed by atoms with Crippen LogP contribution in [0.2, 0.25) is 0 Å². The number of nitrogens with one attached hydrogen (secondary N) is 1. The van der Waals surface area contributed by atoms with Gasteiger partial charge in [-0.15, -0.1) is 0 Å². The molecule has 0 aromatic heterocycles. The van der Waals surface area contributed by atoms with Crippen molar-refractivity contribution >= 4 is 35.3 Å². The van der Waals surface area contributed by atoms with Crippen LogP contribution >= 0.6 is 11.8 Å². The minimum absolute atomic E-state index is 0.0334. The molecule has 2 aromatic carbocycles. The molecule has 2 fully saturated rings. The van der Waals surface area contributed by atoms with E-state index >= 15 is 0 Å². The van der Waals surface area contributed by atoms with E-state index in [4.69, 9.17) is 0 Å². The molecular weight excluding hydrogens is 442 g/mol. The third-order valence-corrected chi connectivity index (χ3v) is 8.58. The second-order valence-corrected chi connectivity index (χ2v) is 10.9. The molecule has 2 saturated heterocycles. The summed E-state index contributed by atoms with van der Waals surface area (Å²) in [4.78, 5) is 33.5. The molecule has 0 saturated carbocycles. The highest BCUT2D eigenvalue weighted by Crippen LogP contribution is 2.42. The molecule has 3 aliphatic heterocycles. The van der Waals surface area contributed by atoms with Gasteiger partial charge in [0.2, 0.25) is 0 Å². The molecule has 0 bridgehead atoms. The van der Waals surface area contributed by atoms with Gasteiger partial charge in [-0.25, -0.2) is 0 Å². The smallest absolute Gasteiger partial charge is 0.264 e. The Morgan fingerprint density at radius 2 is 1.82 bits per heavy atom. The molecule has 3 aliphatic rings. The SMILES string of the molecule is Cc1cccc(C=C2Sc3ccc(C(=O)N4CCC([NH+]5CCCCC5)CC4)cc3N(C)C2=O)c1. The summed E-state index contributed by atoms with van der Waals surface area (Å²) in [6.07, 6.45) is 8.19. The second-order valence-electron chi connectivity index (χ2n) is 9.86. The van der Waals surface area contributed by atoms with Gasteiger partial charge in [-0.1, -0.05) is 41.6 Å². The number of aryl methyl sites for hydroxylation is 1. The monoisotopic (exact) mass is 476 g/mol. The van der Waals surface area contributed by atoms with Crippen molar-refractivity contribution in [3.8, 4) is 0 Å². The Hall–Kier alpha value is -2.57. The van der Waals surface area contributed by atoms with E-state index < -0.39 is 0 Å². The highest BCUT2D eigenvalue weighted by molar-refractivity contribution is 8.04. The summed E-state index contributed by atoms with van der Waals surface area (Å²) in [5, 5.41) is 0. The van der Waals surface area contributed by atoms with Gasteiger partial charge in [-0.3, -0.25) is 9.59 Å². The van der Waals surface area contributed by atoms with Crippen LogP contribution in [-0.4, -0.2) is 56.0 Å². The lowest BCUT2D eigenvalue weighted by molar-refractivity contribution is -0.931. The molecule has 5 nitrogen and oxygen atoms in total. The molecule has 2 amide bonds. The van der Waals surface area contributed by atoms with E-state index in [-0.39, 0.29) is 11.8 Å². The fourth-order valence-electron chi connectivity index (χ4n) is 5.53. The van der Waals surface area contributed by atoms with Crippen LogP contribution in [0.25, 0.3) is 6.08 Å². The number of quaternary nitrogens is 1. The van der Waals surface area contributed by atoms with Crippen LogP contribution in [0.15, 0.2) is 52.3 Å². The van der Waals surface area contributed by atoms with Gasteiger partial charge in [0.15, 0.2) is 0 Å². The highest BCUT2D eigenvalue weighted by Gasteiger charge is 2.32. The maximum Gasteiger partial charge on any atom is 0.264 e. The van der Waals surface area contributed by atoms with Gasteiger partial charge in [0.1, 0.15) is 0 Å². The van der Waals surface area contributed by atoms with Crippen molar-refractivity contribution < 1.29 is 14.5 Å². The van der Waals surface area contributed by atoms with Crippen molar-refractivity contribution in [2.45, 2.75) is 50.0 Å². The average Bonchev–Trinajstić information content (AvgIpc) is 2.87. The standard InChI is InChI=1S/C28H33N3O2S/c1-20-7-6-8-21(17-20)18-26-28(33)29(2)24-19-22(9-10-25(24)34-26)27(32)31-15-11-23(12-16-31)30-13-4-3-5-14-30/h6-10,17-19,23H,3-5,11-16H2,1-2H3/p+1. The van der Waals surface area contributed by atoms with Gasteiger partial charge in [0.05, 0.1) is 29.7 Å². The van der Waals surface area contributed by atoms with Crippen molar-refractivity contribution in [1.82, 2.24) is 4.90 Å². The average molecular weight is 477 g/mol. The van der Waals surface area contributed by atoms with E-state index in [1.807, 2.05) is 41.3 Å². The zero-order valence-electron chi connectivity index (χ0n) is 20.2. The summed E-state index contributed by atoms with van der Waals surface area (Å²) >= 11 is 1.48. The maximum absolute atomic E-state index is 13.3. The van der Waals surface area contributed by atoms with E-state index in [1.165, 1.54) is 49.7 Å². The van der Waals surface area contributed by atoms with Crippen LogP contribution < -0.4 is 9.80 Å². The molecule has 3 heterocycles. The first-order valence-electron chi connectivity index (χ1n) is 12.5. The Labute approximate surface area is 206 Å². The Kier molecular flexibility index (Phi) is 6.79. The Balaban J connectivity index is 1.29. The van der Waals surface area contributed by atoms with Gasteiger partial charge in [0.25, 0.3) is 11.8 Å². The number of carbonyl (C=O) groups excluding carboxylic acids is 2. The minimum atomic E-state index is -0.0334. The van der Waals surface area contributed by atoms with Gasteiger partial charge in [-0.2, -0.15) is 0 Å². The summed E-state index contributed by atoms with van der Waals surface area (Å²) in [5.41, 5.74) is 3.68. The molecule has 0 atom stereocenters. The summed E-state index contributed by atoms with van der Waals surface area (Å²) in [6, 6.07) is 14.7. The Morgan fingerprint density at radius 1 is 1.06 bits per heavy atom. The number of benzene rings is 2. The topological polar surface area (TPSA) is 45.1 Å². The number of amides is 2. The summed E-state index contributed by atoms with van der Waals surface area (Å²) < 4.78 is 0. The molecule has 0 spiro atoms. The van der Waals surface area contributed by atoms with Gasteiger partial charge in [-0.05, 0) is 56.0 Å². The van der Waals surface area contributed by atoms with E-state index in [0.717, 1.165) is 42.1 Å². The third-order valence-electron chi connectivity index (χ3n) is 7.50.